The van der Waals surface area contributed by atoms with Gasteiger partial charge in [-0.3, -0.25) is 14.5 Å². The molecule has 0 bridgehead atoms. The van der Waals surface area contributed by atoms with Crippen molar-refractivity contribution in [1.29, 1.82) is 0 Å². The molecule has 1 aliphatic rings. The Morgan fingerprint density at radius 2 is 1.67 bits per heavy atom. The zero-order valence-electron chi connectivity index (χ0n) is 16.6. The predicted octanol–water partition coefficient (Wildman–Crippen LogP) is 4.86. The van der Waals surface area contributed by atoms with Gasteiger partial charge in [-0.15, -0.1) is 11.3 Å². The Kier molecular flexibility index (Phi) is 5.61. The van der Waals surface area contributed by atoms with Crippen LogP contribution in [0.1, 0.15) is 10.4 Å². The van der Waals surface area contributed by atoms with E-state index in [-0.39, 0.29) is 18.4 Å². The molecule has 0 saturated heterocycles. The third-order valence-corrected chi connectivity index (χ3v) is 5.98. The lowest BCUT2D eigenvalue weighted by atomic mass is 10.1. The fourth-order valence-electron chi connectivity index (χ4n) is 3.24. The fraction of sp³-hybridized carbons (Fsp3) is 0.130. The highest BCUT2D eigenvalue weighted by molar-refractivity contribution is 7.11. The number of hydrogen-bond acceptors (Lipinski definition) is 5. The van der Waals surface area contributed by atoms with Crippen LogP contribution in [0, 0.1) is 0 Å². The summed E-state index contributed by atoms with van der Waals surface area (Å²) in [5.74, 6) is -0.639. The largest absolute Gasteiger partial charge is 0.378 e. The first-order valence-electron chi connectivity index (χ1n) is 9.37. The maximum Gasteiger partial charge on any atom is 0.278 e. The van der Waals surface area contributed by atoms with E-state index in [2.05, 4.69) is 5.32 Å². The van der Waals surface area contributed by atoms with Crippen LogP contribution in [0.5, 0.6) is 0 Å². The van der Waals surface area contributed by atoms with E-state index in [0.717, 1.165) is 21.8 Å². The number of carbonyl (C=O) groups excluding carboxylic acids is 2. The van der Waals surface area contributed by atoms with Crippen LogP contribution in [0.3, 0.4) is 0 Å². The van der Waals surface area contributed by atoms with Gasteiger partial charge in [-0.1, -0.05) is 29.8 Å². The topological polar surface area (TPSA) is 52.7 Å². The summed E-state index contributed by atoms with van der Waals surface area (Å²) in [7, 11) is 3.93. The van der Waals surface area contributed by atoms with E-state index in [4.69, 9.17) is 11.6 Å². The van der Waals surface area contributed by atoms with E-state index in [0.29, 0.717) is 16.3 Å². The summed E-state index contributed by atoms with van der Waals surface area (Å²) in [4.78, 5) is 30.5. The van der Waals surface area contributed by atoms with Gasteiger partial charge < -0.3 is 10.2 Å². The third-order valence-electron chi connectivity index (χ3n) is 4.84. The molecule has 0 fully saturated rings. The Hall–Kier alpha value is -3.09. The summed E-state index contributed by atoms with van der Waals surface area (Å²) in [6.45, 7) is 0.189. The number of carbonyl (C=O) groups is 2. The number of anilines is 2. The third kappa shape index (κ3) is 3.97. The van der Waals surface area contributed by atoms with Gasteiger partial charge in [-0.2, -0.15) is 0 Å². The van der Waals surface area contributed by atoms with E-state index >= 15 is 0 Å². The van der Waals surface area contributed by atoms with Crippen LogP contribution in [0.25, 0.3) is 5.57 Å². The van der Waals surface area contributed by atoms with Crippen LogP contribution < -0.4 is 10.2 Å². The van der Waals surface area contributed by atoms with Crippen molar-refractivity contribution in [3.63, 3.8) is 0 Å². The zero-order valence-corrected chi connectivity index (χ0v) is 18.1. The Morgan fingerprint density at radius 3 is 2.27 bits per heavy atom. The summed E-state index contributed by atoms with van der Waals surface area (Å²) in [6, 6.07) is 18.6. The van der Waals surface area contributed by atoms with Gasteiger partial charge in [0.05, 0.1) is 12.1 Å². The fourth-order valence-corrected chi connectivity index (χ4v) is 4.14. The van der Waals surface area contributed by atoms with Crippen molar-refractivity contribution in [3.05, 3.63) is 87.2 Å². The summed E-state index contributed by atoms with van der Waals surface area (Å²) in [6.07, 6.45) is 0. The molecule has 152 valence electrons. The molecule has 7 heteroatoms. The lowest BCUT2D eigenvalue weighted by molar-refractivity contribution is -0.137. The van der Waals surface area contributed by atoms with Crippen molar-refractivity contribution in [1.82, 2.24) is 4.90 Å². The molecule has 3 aromatic rings. The second-order valence-electron chi connectivity index (χ2n) is 7.12. The molecular weight excluding hydrogens is 418 g/mol. The maximum absolute atomic E-state index is 13.2. The molecule has 0 unspecified atom stereocenters. The standard InChI is InChI=1S/C23H20ClN3O2S/c1-26(2)18-11-9-17(10-12-18)25-21-20(19-4-3-13-30-19)22(28)27(23(21)29)14-15-5-7-16(24)8-6-15/h3-13,25H,14H2,1-2H3. The Labute approximate surface area is 184 Å². The van der Waals surface area contributed by atoms with Gasteiger partial charge in [0.15, 0.2) is 0 Å². The van der Waals surface area contributed by atoms with Crippen molar-refractivity contribution in [2.75, 3.05) is 24.3 Å². The number of rotatable bonds is 6. The van der Waals surface area contributed by atoms with Crippen molar-refractivity contribution in [2.24, 2.45) is 0 Å². The summed E-state index contributed by atoms with van der Waals surface area (Å²) in [5.41, 5.74) is 3.34. The highest BCUT2D eigenvalue weighted by Crippen LogP contribution is 2.34. The van der Waals surface area contributed by atoms with Gasteiger partial charge in [0.1, 0.15) is 5.70 Å². The Balaban J connectivity index is 1.66. The van der Waals surface area contributed by atoms with Crippen molar-refractivity contribution in [2.45, 2.75) is 6.54 Å². The number of amides is 2. The van der Waals surface area contributed by atoms with Crippen LogP contribution in [-0.4, -0.2) is 30.8 Å². The zero-order chi connectivity index (χ0) is 21.3. The molecule has 0 spiro atoms. The van der Waals surface area contributed by atoms with E-state index in [1.165, 1.54) is 16.2 Å². The molecule has 0 saturated carbocycles. The van der Waals surface area contributed by atoms with Crippen molar-refractivity contribution < 1.29 is 9.59 Å². The first-order valence-corrected chi connectivity index (χ1v) is 10.6. The van der Waals surface area contributed by atoms with E-state index in [9.17, 15) is 9.59 Å². The summed E-state index contributed by atoms with van der Waals surface area (Å²) in [5, 5.41) is 5.69. The number of halogens is 1. The van der Waals surface area contributed by atoms with Crippen LogP contribution in [-0.2, 0) is 16.1 Å². The molecule has 0 atom stereocenters. The monoisotopic (exact) mass is 437 g/mol. The molecule has 5 nitrogen and oxygen atoms in total. The number of hydrogen-bond donors (Lipinski definition) is 1. The molecule has 0 radical (unpaired) electrons. The average molecular weight is 438 g/mol. The molecule has 0 aliphatic carbocycles. The Morgan fingerprint density at radius 1 is 0.967 bits per heavy atom. The number of imide groups is 1. The first kappa shape index (κ1) is 20.2. The minimum atomic E-state index is -0.338. The van der Waals surface area contributed by atoms with Crippen LogP contribution in [0.4, 0.5) is 11.4 Å². The minimum absolute atomic E-state index is 0.189. The molecule has 2 amide bonds. The summed E-state index contributed by atoms with van der Waals surface area (Å²) >= 11 is 7.39. The van der Waals surface area contributed by atoms with E-state index < -0.39 is 0 Å². The van der Waals surface area contributed by atoms with Gasteiger partial charge in [0, 0.05) is 35.4 Å². The quantitative estimate of drug-likeness (QED) is 0.559. The average Bonchev–Trinajstić information content (AvgIpc) is 3.33. The lowest BCUT2D eigenvalue weighted by Crippen LogP contribution is -2.31. The van der Waals surface area contributed by atoms with Crippen LogP contribution in [0.15, 0.2) is 71.7 Å². The highest BCUT2D eigenvalue weighted by atomic mass is 35.5. The molecule has 1 N–H and O–H groups in total. The molecule has 1 aromatic heterocycles. The van der Waals surface area contributed by atoms with Gasteiger partial charge in [0.2, 0.25) is 0 Å². The van der Waals surface area contributed by atoms with Crippen LogP contribution in [0.2, 0.25) is 5.02 Å². The molecular formula is C23H20ClN3O2S. The number of benzene rings is 2. The van der Waals surface area contributed by atoms with Gasteiger partial charge in [-0.05, 0) is 53.4 Å². The number of nitrogens with one attached hydrogen (secondary N) is 1. The van der Waals surface area contributed by atoms with Gasteiger partial charge >= 0.3 is 0 Å². The van der Waals surface area contributed by atoms with Gasteiger partial charge in [-0.25, -0.2) is 0 Å². The predicted molar refractivity (Wildman–Crippen MR) is 123 cm³/mol. The lowest BCUT2D eigenvalue weighted by Gasteiger charge is -2.16. The minimum Gasteiger partial charge on any atom is -0.378 e. The molecule has 1 aliphatic heterocycles. The molecule has 2 heterocycles. The van der Waals surface area contributed by atoms with Crippen molar-refractivity contribution >= 4 is 51.7 Å². The molecule has 30 heavy (non-hydrogen) atoms. The van der Waals surface area contributed by atoms with Gasteiger partial charge in [0.25, 0.3) is 11.8 Å². The second-order valence-corrected chi connectivity index (χ2v) is 8.50. The maximum atomic E-state index is 13.2. The smallest absolute Gasteiger partial charge is 0.278 e. The SMILES string of the molecule is CN(C)c1ccc(NC2=C(c3cccs3)C(=O)N(Cc3ccc(Cl)cc3)C2=O)cc1. The second kappa shape index (κ2) is 8.34. The highest BCUT2D eigenvalue weighted by Gasteiger charge is 2.39. The normalized spacial score (nSPS) is 13.9. The molecule has 2 aromatic carbocycles. The van der Waals surface area contributed by atoms with E-state index in [1.807, 2.05) is 72.9 Å². The number of nitrogens with zero attached hydrogens (tertiary/aromatic N) is 2. The van der Waals surface area contributed by atoms with E-state index in [1.54, 1.807) is 12.1 Å². The summed E-state index contributed by atoms with van der Waals surface area (Å²) < 4.78 is 0. The van der Waals surface area contributed by atoms with Crippen LogP contribution >= 0.6 is 22.9 Å². The first-order chi connectivity index (χ1) is 14.4. The Bertz CT molecular complexity index is 1100. The van der Waals surface area contributed by atoms with Crippen molar-refractivity contribution in [3.8, 4) is 0 Å². The molecule has 4 rings (SSSR count). The number of thiophene rings is 1.